The summed E-state index contributed by atoms with van der Waals surface area (Å²) in [4.78, 5) is 15.6. The fraction of sp³-hybridized carbons (Fsp3) is 0.562. The van der Waals surface area contributed by atoms with Gasteiger partial charge in [-0.1, -0.05) is 24.3 Å². The molecule has 1 unspecified atom stereocenters. The van der Waals surface area contributed by atoms with Crippen molar-refractivity contribution in [3.8, 4) is 0 Å². The van der Waals surface area contributed by atoms with Crippen molar-refractivity contribution in [3.63, 3.8) is 0 Å². The van der Waals surface area contributed by atoms with E-state index in [0.29, 0.717) is 6.04 Å². The first kappa shape index (κ1) is 15.8. The zero-order valence-corrected chi connectivity index (χ0v) is 13.1. The van der Waals surface area contributed by atoms with Gasteiger partial charge >= 0.3 is 6.09 Å². The molecule has 116 valence electrons. The fourth-order valence-corrected chi connectivity index (χ4v) is 2.66. The molecule has 2 atom stereocenters. The number of carbonyl (C=O) groups is 1. The van der Waals surface area contributed by atoms with Gasteiger partial charge in [0.15, 0.2) is 0 Å². The Balaban J connectivity index is 1.92. The minimum absolute atomic E-state index is 0.305. The summed E-state index contributed by atoms with van der Waals surface area (Å²) in [5, 5.41) is 0. The molecular weight excluding hydrogens is 266 g/mol. The van der Waals surface area contributed by atoms with Gasteiger partial charge in [0.05, 0.1) is 0 Å². The van der Waals surface area contributed by atoms with Crippen molar-refractivity contribution in [2.24, 2.45) is 5.73 Å². The highest BCUT2D eigenvalue weighted by Gasteiger charge is 2.20. The van der Waals surface area contributed by atoms with Gasteiger partial charge in [-0.15, -0.1) is 0 Å². The first-order valence-electron chi connectivity index (χ1n) is 7.43. The first-order chi connectivity index (χ1) is 9.95. The van der Waals surface area contributed by atoms with Gasteiger partial charge in [-0.2, -0.15) is 0 Å². The molecule has 5 heteroatoms. The normalized spacial score (nSPS) is 22.0. The number of piperazine rings is 1. The third kappa shape index (κ3) is 4.44. The molecule has 0 aromatic heterocycles. The van der Waals surface area contributed by atoms with Crippen LogP contribution in [0.1, 0.15) is 31.1 Å². The molecule has 1 aromatic rings. The predicted molar refractivity (Wildman–Crippen MR) is 82.9 cm³/mol. The summed E-state index contributed by atoms with van der Waals surface area (Å²) < 4.78 is 4.97. The summed E-state index contributed by atoms with van der Waals surface area (Å²) in [6, 6.07) is 8.80. The van der Waals surface area contributed by atoms with Crippen molar-refractivity contribution in [2.75, 3.05) is 26.7 Å². The molecule has 1 fully saturated rings. The van der Waals surface area contributed by atoms with E-state index >= 15 is 0 Å². The monoisotopic (exact) mass is 291 g/mol. The van der Waals surface area contributed by atoms with Crippen LogP contribution in [0.3, 0.4) is 0 Å². The minimum Gasteiger partial charge on any atom is -0.442 e. The smallest absolute Gasteiger partial charge is 0.405 e. The van der Waals surface area contributed by atoms with Crippen LogP contribution in [0.5, 0.6) is 0 Å². The van der Waals surface area contributed by atoms with Crippen molar-refractivity contribution in [1.82, 2.24) is 9.80 Å². The van der Waals surface area contributed by atoms with Crippen molar-refractivity contribution >= 4 is 6.09 Å². The van der Waals surface area contributed by atoms with Crippen LogP contribution >= 0.6 is 0 Å². The Labute approximate surface area is 126 Å². The highest BCUT2D eigenvalue weighted by atomic mass is 16.6. The maximum Gasteiger partial charge on any atom is 0.405 e. The van der Waals surface area contributed by atoms with Gasteiger partial charge in [-0.25, -0.2) is 4.79 Å². The number of carbonyl (C=O) groups excluding carboxylic acids is 1. The zero-order valence-electron chi connectivity index (χ0n) is 13.1. The second-order valence-electron chi connectivity index (χ2n) is 5.89. The molecule has 0 spiro atoms. The van der Waals surface area contributed by atoms with Crippen LogP contribution in [0.25, 0.3) is 0 Å². The molecule has 1 saturated heterocycles. The highest BCUT2D eigenvalue weighted by molar-refractivity contribution is 5.65. The van der Waals surface area contributed by atoms with Crippen LogP contribution < -0.4 is 5.73 Å². The Morgan fingerprint density at radius 1 is 1.38 bits per heavy atom. The minimum atomic E-state index is -0.738. The zero-order chi connectivity index (χ0) is 15.4. The van der Waals surface area contributed by atoms with E-state index in [1.807, 2.05) is 19.1 Å². The summed E-state index contributed by atoms with van der Waals surface area (Å²) in [5.41, 5.74) is 7.28. The van der Waals surface area contributed by atoms with Gasteiger partial charge in [0.1, 0.15) is 6.10 Å². The molecule has 21 heavy (non-hydrogen) atoms. The lowest BCUT2D eigenvalue weighted by Crippen LogP contribution is -2.49. The lowest BCUT2D eigenvalue weighted by molar-refractivity contribution is 0.0999. The van der Waals surface area contributed by atoms with Crippen LogP contribution in [0.15, 0.2) is 24.3 Å². The van der Waals surface area contributed by atoms with Gasteiger partial charge in [-0.3, -0.25) is 4.90 Å². The lowest BCUT2D eigenvalue weighted by Gasteiger charge is -2.37. The van der Waals surface area contributed by atoms with Gasteiger partial charge in [0, 0.05) is 32.2 Å². The molecule has 5 nitrogen and oxygen atoms in total. The van der Waals surface area contributed by atoms with E-state index in [-0.39, 0.29) is 6.10 Å². The van der Waals surface area contributed by atoms with Crippen LogP contribution in [0, 0.1) is 0 Å². The summed E-state index contributed by atoms with van der Waals surface area (Å²) in [7, 11) is 2.18. The largest absolute Gasteiger partial charge is 0.442 e. The molecule has 2 N–H and O–H groups in total. The molecule has 0 saturated carbocycles. The number of hydrogen-bond acceptors (Lipinski definition) is 4. The second kappa shape index (κ2) is 6.91. The van der Waals surface area contributed by atoms with Crippen LogP contribution in [-0.2, 0) is 11.3 Å². The molecule has 2 rings (SSSR count). The van der Waals surface area contributed by atoms with Crippen molar-refractivity contribution in [1.29, 1.82) is 0 Å². The van der Waals surface area contributed by atoms with Gasteiger partial charge in [-0.05, 0) is 32.0 Å². The molecule has 1 aliphatic heterocycles. The van der Waals surface area contributed by atoms with Gasteiger partial charge in [0.25, 0.3) is 0 Å². The van der Waals surface area contributed by atoms with Crippen LogP contribution in [-0.4, -0.2) is 48.6 Å². The summed E-state index contributed by atoms with van der Waals surface area (Å²) >= 11 is 0. The van der Waals surface area contributed by atoms with Crippen molar-refractivity contribution < 1.29 is 9.53 Å². The fourth-order valence-electron chi connectivity index (χ4n) is 2.66. The standard InChI is InChI=1S/C16H25N3O2/c1-12-10-19(9-8-18(12)3)11-14-4-6-15(7-5-14)13(2)21-16(17)20/h4-7,12-13H,8-11H2,1-3H3,(H2,17,20)/t12?,13-/m0/s1. The maximum absolute atomic E-state index is 10.8. The SMILES string of the molecule is CC1CN(Cc2ccc([C@H](C)OC(N)=O)cc2)CCN1C. The molecular formula is C16H25N3O2. The van der Waals surface area contributed by atoms with E-state index in [1.165, 1.54) is 5.56 Å². The van der Waals surface area contributed by atoms with Gasteiger partial charge < -0.3 is 15.4 Å². The topological polar surface area (TPSA) is 58.8 Å². The first-order valence-corrected chi connectivity index (χ1v) is 7.43. The Morgan fingerprint density at radius 3 is 2.62 bits per heavy atom. The highest BCUT2D eigenvalue weighted by Crippen LogP contribution is 2.18. The molecule has 1 aliphatic rings. The maximum atomic E-state index is 10.8. The lowest BCUT2D eigenvalue weighted by atomic mass is 10.1. The molecule has 1 heterocycles. The number of nitrogens with zero attached hydrogens (tertiary/aromatic N) is 2. The Hall–Kier alpha value is -1.59. The second-order valence-corrected chi connectivity index (χ2v) is 5.89. The predicted octanol–water partition coefficient (Wildman–Crippen LogP) is 1.98. The van der Waals surface area contributed by atoms with E-state index in [4.69, 9.17) is 10.5 Å². The van der Waals surface area contributed by atoms with Crippen molar-refractivity contribution in [3.05, 3.63) is 35.4 Å². The number of hydrogen-bond donors (Lipinski definition) is 1. The molecule has 1 aromatic carbocycles. The number of primary amides is 1. The molecule has 0 bridgehead atoms. The quantitative estimate of drug-likeness (QED) is 0.921. The number of benzene rings is 1. The average molecular weight is 291 g/mol. The Kier molecular flexibility index (Phi) is 5.20. The third-order valence-corrected chi connectivity index (χ3v) is 4.19. The van der Waals surface area contributed by atoms with Crippen LogP contribution in [0.4, 0.5) is 4.79 Å². The van der Waals surface area contributed by atoms with E-state index in [9.17, 15) is 4.79 Å². The third-order valence-electron chi connectivity index (χ3n) is 4.19. The van der Waals surface area contributed by atoms with E-state index in [0.717, 1.165) is 31.7 Å². The van der Waals surface area contributed by atoms with Crippen molar-refractivity contribution in [2.45, 2.75) is 32.5 Å². The summed E-state index contributed by atoms with van der Waals surface area (Å²) in [5.74, 6) is 0. The number of likely N-dealkylation sites (N-methyl/N-ethyl adjacent to an activating group) is 1. The molecule has 0 radical (unpaired) electrons. The van der Waals surface area contributed by atoms with Crippen LogP contribution in [0.2, 0.25) is 0 Å². The molecule has 1 amide bonds. The Morgan fingerprint density at radius 2 is 2.05 bits per heavy atom. The van der Waals surface area contributed by atoms with Gasteiger partial charge in [0.2, 0.25) is 0 Å². The van der Waals surface area contributed by atoms with E-state index < -0.39 is 6.09 Å². The number of amides is 1. The van der Waals surface area contributed by atoms with E-state index in [1.54, 1.807) is 0 Å². The average Bonchev–Trinajstić information content (AvgIpc) is 2.43. The number of rotatable bonds is 4. The summed E-state index contributed by atoms with van der Waals surface area (Å²) in [6.45, 7) is 8.36. The summed E-state index contributed by atoms with van der Waals surface area (Å²) in [6.07, 6.45) is -1.04. The van der Waals surface area contributed by atoms with E-state index in [2.05, 4.69) is 35.9 Å². The molecule has 0 aliphatic carbocycles. The number of nitrogens with two attached hydrogens (primary N) is 1. The Bertz CT molecular complexity index is 475. The number of ether oxygens (including phenoxy) is 1.